The van der Waals surface area contributed by atoms with Crippen LogP contribution >= 0.6 is 0 Å². The zero-order chi connectivity index (χ0) is 11.6. The number of rotatable bonds is 9. The number of hydrogen-bond donors (Lipinski definition) is 1. The molecule has 0 aromatic rings. The Bertz CT molecular complexity index is 159. The molecule has 0 saturated carbocycles. The van der Waals surface area contributed by atoms with Gasteiger partial charge in [-0.25, -0.2) is 0 Å². The fourth-order valence-electron chi connectivity index (χ4n) is 2.75. The Hall–Kier alpha value is -0.0800. The van der Waals surface area contributed by atoms with Gasteiger partial charge in [0.05, 0.1) is 0 Å². The van der Waals surface area contributed by atoms with E-state index in [0.717, 1.165) is 5.92 Å². The molecule has 1 N–H and O–H groups in total. The summed E-state index contributed by atoms with van der Waals surface area (Å²) >= 11 is 0. The zero-order valence-corrected chi connectivity index (χ0v) is 11.3. The van der Waals surface area contributed by atoms with Crippen LogP contribution in [0.2, 0.25) is 0 Å². The van der Waals surface area contributed by atoms with Gasteiger partial charge in [0.25, 0.3) is 0 Å². The molecule has 96 valence electrons. The summed E-state index contributed by atoms with van der Waals surface area (Å²) in [6, 6.07) is 0. The van der Waals surface area contributed by atoms with Crippen LogP contribution < -0.4 is 5.32 Å². The quantitative estimate of drug-likeness (QED) is 0.608. The average Bonchev–Trinajstić information content (AvgIpc) is 2.72. The van der Waals surface area contributed by atoms with E-state index < -0.39 is 0 Å². The van der Waals surface area contributed by atoms with Gasteiger partial charge in [-0.3, -0.25) is 0 Å². The number of likely N-dealkylation sites (tertiary alicyclic amines) is 1. The lowest BCUT2D eigenvalue weighted by molar-refractivity contribution is 0.311. The fraction of sp³-hybridized carbons (Fsp3) is 1.00. The van der Waals surface area contributed by atoms with Crippen molar-refractivity contribution in [3.63, 3.8) is 0 Å². The minimum atomic E-state index is 1.01. The van der Waals surface area contributed by atoms with Crippen LogP contribution in [0.1, 0.15) is 51.9 Å². The SMILES string of the molecule is CCCC1CCN(CCCCCCNC)C1. The second kappa shape index (κ2) is 9.00. The highest BCUT2D eigenvalue weighted by Gasteiger charge is 2.20. The third-order valence-electron chi connectivity index (χ3n) is 3.72. The molecule has 0 bridgehead atoms. The predicted octanol–water partition coefficient (Wildman–Crippen LogP) is 2.89. The van der Waals surface area contributed by atoms with Gasteiger partial charge in [0.2, 0.25) is 0 Å². The molecule has 2 heteroatoms. The standard InChI is InChI=1S/C14H30N2/c1-3-8-14-9-12-16(13-14)11-7-5-4-6-10-15-2/h14-15H,3-13H2,1-2H3. The van der Waals surface area contributed by atoms with Gasteiger partial charge in [-0.2, -0.15) is 0 Å². The Kier molecular flexibility index (Phi) is 7.87. The lowest BCUT2D eigenvalue weighted by atomic mass is 10.0. The van der Waals surface area contributed by atoms with E-state index in [4.69, 9.17) is 0 Å². The molecule has 1 rings (SSSR count). The highest BCUT2D eigenvalue weighted by molar-refractivity contribution is 4.74. The zero-order valence-electron chi connectivity index (χ0n) is 11.3. The topological polar surface area (TPSA) is 15.3 Å². The second-order valence-electron chi connectivity index (χ2n) is 5.26. The Morgan fingerprint density at radius 3 is 2.75 bits per heavy atom. The van der Waals surface area contributed by atoms with Crippen LogP contribution in [0.5, 0.6) is 0 Å². The lowest BCUT2D eigenvalue weighted by Gasteiger charge is -2.15. The molecule has 1 aliphatic rings. The normalized spacial score (nSPS) is 21.8. The van der Waals surface area contributed by atoms with E-state index in [1.54, 1.807) is 0 Å². The molecule has 1 saturated heterocycles. The van der Waals surface area contributed by atoms with Crippen LogP contribution in [0, 0.1) is 5.92 Å². The third kappa shape index (κ3) is 5.86. The maximum atomic E-state index is 3.21. The Labute approximate surface area is 102 Å². The fourth-order valence-corrected chi connectivity index (χ4v) is 2.75. The molecule has 16 heavy (non-hydrogen) atoms. The van der Waals surface area contributed by atoms with E-state index >= 15 is 0 Å². The van der Waals surface area contributed by atoms with Gasteiger partial charge in [0.1, 0.15) is 0 Å². The molecule has 1 unspecified atom stereocenters. The van der Waals surface area contributed by atoms with E-state index in [1.165, 1.54) is 71.1 Å². The molecule has 0 aliphatic carbocycles. The maximum Gasteiger partial charge on any atom is 0.00101 e. The van der Waals surface area contributed by atoms with Gasteiger partial charge in [0, 0.05) is 6.54 Å². The first-order valence-electron chi connectivity index (χ1n) is 7.23. The summed E-state index contributed by atoms with van der Waals surface area (Å²) < 4.78 is 0. The van der Waals surface area contributed by atoms with Crippen molar-refractivity contribution in [2.24, 2.45) is 5.92 Å². The molecule has 1 fully saturated rings. The molecular formula is C14H30N2. The summed E-state index contributed by atoms with van der Waals surface area (Å²) in [6.07, 6.45) is 9.82. The van der Waals surface area contributed by atoms with Crippen LogP contribution in [-0.4, -0.2) is 38.1 Å². The van der Waals surface area contributed by atoms with E-state index in [1.807, 2.05) is 7.05 Å². The molecule has 0 aromatic heterocycles. The summed E-state index contributed by atoms with van der Waals surface area (Å²) in [5.41, 5.74) is 0. The minimum Gasteiger partial charge on any atom is -0.320 e. The highest BCUT2D eigenvalue weighted by Crippen LogP contribution is 2.21. The van der Waals surface area contributed by atoms with Crippen molar-refractivity contribution in [3.8, 4) is 0 Å². The van der Waals surface area contributed by atoms with E-state index in [-0.39, 0.29) is 0 Å². The van der Waals surface area contributed by atoms with Gasteiger partial charge in [0.15, 0.2) is 0 Å². The van der Waals surface area contributed by atoms with Crippen LogP contribution in [0.3, 0.4) is 0 Å². The van der Waals surface area contributed by atoms with Gasteiger partial charge in [-0.15, -0.1) is 0 Å². The minimum absolute atomic E-state index is 1.01. The smallest absolute Gasteiger partial charge is 0.00101 e. The maximum absolute atomic E-state index is 3.21. The van der Waals surface area contributed by atoms with E-state index in [2.05, 4.69) is 17.1 Å². The molecule has 0 amide bonds. The summed E-state index contributed by atoms with van der Waals surface area (Å²) in [4.78, 5) is 2.68. The Morgan fingerprint density at radius 1 is 1.19 bits per heavy atom. The number of hydrogen-bond acceptors (Lipinski definition) is 2. The van der Waals surface area contributed by atoms with Gasteiger partial charge < -0.3 is 10.2 Å². The highest BCUT2D eigenvalue weighted by atomic mass is 15.1. The third-order valence-corrected chi connectivity index (χ3v) is 3.72. The number of unbranched alkanes of at least 4 members (excludes halogenated alkanes) is 3. The molecule has 1 aliphatic heterocycles. The largest absolute Gasteiger partial charge is 0.320 e. The Balaban J connectivity index is 1.90. The lowest BCUT2D eigenvalue weighted by Crippen LogP contribution is -2.21. The predicted molar refractivity (Wildman–Crippen MR) is 71.8 cm³/mol. The molecule has 2 nitrogen and oxygen atoms in total. The van der Waals surface area contributed by atoms with Crippen LogP contribution in [0.25, 0.3) is 0 Å². The van der Waals surface area contributed by atoms with Crippen LogP contribution in [0.4, 0.5) is 0 Å². The monoisotopic (exact) mass is 226 g/mol. The molecule has 1 atom stereocenters. The number of nitrogens with one attached hydrogen (secondary N) is 1. The number of nitrogens with zero attached hydrogens (tertiary/aromatic N) is 1. The van der Waals surface area contributed by atoms with Crippen molar-refractivity contribution in [2.75, 3.05) is 33.2 Å². The van der Waals surface area contributed by atoms with Crippen molar-refractivity contribution in [1.82, 2.24) is 10.2 Å². The molecule has 0 radical (unpaired) electrons. The summed E-state index contributed by atoms with van der Waals surface area (Å²) in [5.74, 6) is 1.01. The molecule has 0 aromatic carbocycles. The van der Waals surface area contributed by atoms with E-state index in [0.29, 0.717) is 0 Å². The van der Waals surface area contributed by atoms with Crippen molar-refractivity contribution >= 4 is 0 Å². The second-order valence-corrected chi connectivity index (χ2v) is 5.26. The summed E-state index contributed by atoms with van der Waals surface area (Å²) in [6.45, 7) is 7.58. The summed E-state index contributed by atoms with van der Waals surface area (Å²) in [7, 11) is 2.04. The molecule has 0 spiro atoms. The molecular weight excluding hydrogens is 196 g/mol. The van der Waals surface area contributed by atoms with Crippen LogP contribution in [-0.2, 0) is 0 Å². The van der Waals surface area contributed by atoms with Crippen molar-refractivity contribution in [3.05, 3.63) is 0 Å². The first kappa shape index (κ1) is 14.0. The molecule has 1 heterocycles. The van der Waals surface area contributed by atoms with Gasteiger partial charge in [-0.1, -0.05) is 26.2 Å². The first-order chi connectivity index (χ1) is 7.86. The van der Waals surface area contributed by atoms with Crippen LogP contribution in [0.15, 0.2) is 0 Å². The summed E-state index contributed by atoms with van der Waals surface area (Å²) in [5, 5.41) is 3.21. The van der Waals surface area contributed by atoms with Gasteiger partial charge in [-0.05, 0) is 58.3 Å². The van der Waals surface area contributed by atoms with Crippen molar-refractivity contribution in [2.45, 2.75) is 51.9 Å². The average molecular weight is 226 g/mol. The van der Waals surface area contributed by atoms with Crippen molar-refractivity contribution in [1.29, 1.82) is 0 Å². The van der Waals surface area contributed by atoms with Crippen molar-refractivity contribution < 1.29 is 0 Å². The first-order valence-corrected chi connectivity index (χ1v) is 7.23. The van der Waals surface area contributed by atoms with Gasteiger partial charge >= 0.3 is 0 Å². The Morgan fingerprint density at radius 2 is 2.00 bits per heavy atom. The van der Waals surface area contributed by atoms with E-state index in [9.17, 15) is 0 Å².